The van der Waals surface area contributed by atoms with Crippen molar-refractivity contribution in [2.75, 3.05) is 20.6 Å². The summed E-state index contributed by atoms with van der Waals surface area (Å²) in [4.78, 5) is 18.2. The molecule has 0 saturated heterocycles. The Morgan fingerprint density at radius 3 is 2.62 bits per heavy atom. The molecule has 2 N–H and O–H groups in total. The molecule has 6 nitrogen and oxygen atoms in total. The van der Waals surface area contributed by atoms with E-state index in [1.807, 2.05) is 66.2 Å². The lowest BCUT2D eigenvalue weighted by molar-refractivity contribution is -0.121. The van der Waals surface area contributed by atoms with E-state index in [9.17, 15) is 4.79 Å². The van der Waals surface area contributed by atoms with Crippen LogP contribution in [0.2, 0.25) is 5.02 Å². The smallest absolute Gasteiger partial charge is 0.222 e. The van der Waals surface area contributed by atoms with Crippen LogP contribution in [-0.2, 0) is 24.9 Å². The van der Waals surface area contributed by atoms with Gasteiger partial charge in [-0.1, -0.05) is 41.9 Å². The van der Waals surface area contributed by atoms with Crippen LogP contribution in [0.15, 0.2) is 47.6 Å². The molecule has 0 aliphatic carbocycles. The number of benzene rings is 1. The maximum Gasteiger partial charge on any atom is 0.222 e. The first kappa shape index (κ1) is 19.8. The minimum atomic E-state index is 0.00803. The average Bonchev–Trinajstić information content (AvgIpc) is 2.94. The third kappa shape index (κ3) is 6.11. The van der Waals surface area contributed by atoms with Crippen molar-refractivity contribution in [1.29, 1.82) is 0 Å². The van der Waals surface area contributed by atoms with Crippen molar-refractivity contribution in [2.45, 2.75) is 19.5 Å². The zero-order valence-corrected chi connectivity index (χ0v) is 16.3. The van der Waals surface area contributed by atoms with Gasteiger partial charge >= 0.3 is 0 Å². The lowest BCUT2D eigenvalue weighted by atomic mass is 10.2. The molecule has 2 aromatic rings. The number of guanidine groups is 1. The summed E-state index contributed by atoms with van der Waals surface area (Å²) in [5.41, 5.74) is 2.17. The summed E-state index contributed by atoms with van der Waals surface area (Å²) in [6.07, 6.45) is 2.26. The van der Waals surface area contributed by atoms with Gasteiger partial charge in [-0.05, 0) is 11.6 Å². The summed E-state index contributed by atoms with van der Waals surface area (Å²) in [5, 5.41) is 6.85. The number of rotatable bonds is 7. The molecule has 0 bridgehead atoms. The first-order valence-electron chi connectivity index (χ1n) is 8.52. The van der Waals surface area contributed by atoms with Gasteiger partial charge in [0.1, 0.15) is 0 Å². The monoisotopic (exact) mass is 375 g/mol. The quantitative estimate of drug-likeness (QED) is 0.577. The van der Waals surface area contributed by atoms with Crippen LogP contribution < -0.4 is 10.6 Å². The van der Waals surface area contributed by atoms with Gasteiger partial charge in [0.15, 0.2) is 5.96 Å². The number of halogens is 1. The number of aryl methyl sites for hydroxylation is 1. The topological polar surface area (TPSA) is 61.7 Å². The molecule has 0 spiro atoms. The van der Waals surface area contributed by atoms with Crippen molar-refractivity contribution in [2.24, 2.45) is 12.0 Å². The van der Waals surface area contributed by atoms with E-state index in [2.05, 4.69) is 15.6 Å². The average molecular weight is 376 g/mol. The molecule has 26 heavy (non-hydrogen) atoms. The maximum atomic E-state index is 12.0. The SMILES string of the molecule is CN=C(NCCC(=O)NCc1ccccc1)N(C)Cc1cc(Cl)cn1C. The Bertz CT molecular complexity index is 742. The molecule has 0 unspecified atom stereocenters. The summed E-state index contributed by atoms with van der Waals surface area (Å²) >= 11 is 6.03. The number of aromatic nitrogens is 1. The standard InChI is InChI=1S/C19H26ClN5O/c1-21-19(25(3)14-17-11-16(20)13-24(17)2)22-10-9-18(26)23-12-15-7-5-4-6-8-15/h4-8,11,13H,9-10,12,14H2,1-3H3,(H,21,22)(H,23,26). The van der Waals surface area contributed by atoms with Gasteiger partial charge in [-0.2, -0.15) is 0 Å². The number of amides is 1. The fraction of sp³-hybridized carbons (Fsp3) is 0.368. The number of carbonyl (C=O) groups is 1. The van der Waals surface area contributed by atoms with E-state index in [1.54, 1.807) is 7.05 Å². The number of hydrogen-bond donors (Lipinski definition) is 2. The molecule has 0 aliphatic heterocycles. The highest BCUT2D eigenvalue weighted by Gasteiger charge is 2.10. The number of aliphatic imine (C=N–C) groups is 1. The fourth-order valence-corrected chi connectivity index (χ4v) is 2.87. The second kappa shape index (κ2) is 9.87. The van der Waals surface area contributed by atoms with Gasteiger partial charge in [-0.25, -0.2) is 0 Å². The van der Waals surface area contributed by atoms with Gasteiger partial charge in [0, 0.05) is 52.5 Å². The predicted octanol–water partition coefficient (Wildman–Crippen LogP) is 2.39. The molecular weight excluding hydrogens is 350 g/mol. The molecule has 1 heterocycles. The van der Waals surface area contributed by atoms with E-state index in [1.165, 1.54) is 0 Å². The van der Waals surface area contributed by atoms with Crippen molar-refractivity contribution < 1.29 is 4.79 Å². The predicted molar refractivity (Wildman–Crippen MR) is 106 cm³/mol. The minimum Gasteiger partial charge on any atom is -0.356 e. The van der Waals surface area contributed by atoms with Crippen molar-refractivity contribution in [3.8, 4) is 0 Å². The zero-order chi connectivity index (χ0) is 18.9. The Labute approximate surface area is 159 Å². The lowest BCUT2D eigenvalue weighted by Gasteiger charge is -2.22. The summed E-state index contributed by atoms with van der Waals surface area (Å²) in [7, 11) is 5.64. The molecule has 0 fully saturated rings. The van der Waals surface area contributed by atoms with E-state index < -0.39 is 0 Å². The molecule has 1 aromatic heterocycles. The molecule has 2 rings (SSSR count). The highest BCUT2D eigenvalue weighted by atomic mass is 35.5. The molecule has 0 saturated carbocycles. The molecule has 1 amide bonds. The van der Waals surface area contributed by atoms with Crippen LogP contribution in [0.25, 0.3) is 0 Å². The molecule has 0 atom stereocenters. The van der Waals surface area contributed by atoms with Gasteiger partial charge in [-0.3, -0.25) is 9.79 Å². The second-order valence-corrected chi connectivity index (χ2v) is 6.54. The third-order valence-electron chi connectivity index (χ3n) is 4.01. The molecular formula is C19H26ClN5O. The van der Waals surface area contributed by atoms with Gasteiger partial charge in [-0.15, -0.1) is 0 Å². The van der Waals surface area contributed by atoms with Crippen molar-refractivity contribution in [3.05, 3.63) is 58.9 Å². The maximum absolute atomic E-state index is 12.0. The van der Waals surface area contributed by atoms with Crippen molar-refractivity contribution in [3.63, 3.8) is 0 Å². The molecule has 140 valence electrons. The Balaban J connectivity index is 1.74. The Kier molecular flexibility index (Phi) is 7.53. The number of nitrogens with one attached hydrogen (secondary N) is 2. The van der Waals surface area contributed by atoms with Crippen LogP contribution in [0.5, 0.6) is 0 Å². The van der Waals surface area contributed by atoms with Crippen LogP contribution in [0, 0.1) is 0 Å². The molecule has 0 radical (unpaired) electrons. The Morgan fingerprint density at radius 1 is 1.27 bits per heavy atom. The van der Waals surface area contributed by atoms with E-state index in [4.69, 9.17) is 11.6 Å². The van der Waals surface area contributed by atoms with Gasteiger partial charge in [0.25, 0.3) is 0 Å². The van der Waals surface area contributed by atoms with Crippen LogP contribution in [0.1, 0.15) is 17.7 Å². The van der Waals surface area contributed by atoms with Crippen LogP contribution in [0.4, 0.5) is 0 Å². The van der Waals surface area contributed by atoms with E-state index in [0.717, 1.165) is 17.2 Å². The first-order valence-corrected chi connectivity index (χ1v) is 8.90. The fourth-order valence-electron chi connectivity index (χ4n) is 2.60. The van der Waals surface area contributed by atoms with Crippen LogP contribution in [0.3, 0.4) is 0 Å². The Hall–Kier alpha value is -2.47. The van der Waals surface area contributed by atoms with Gasteiger partial charge in [0.05, 0.1) is 11.6 Å². The number of hydrogen-bond acceptors (Lipinski definition) is 2. The molecule has 1 aromatic carbocycles. The summed E-state index contributed by atoms with van der Waals surface area (Å²) in [6, 6.07) is 11.8. The number of nitrogens with zero attached hydrogens (tertiary/aromatic N) is 3. The largest absolute Gasteiger partial charge is 0.356 e. The first-order chi connectivity index (χ1) is 12.5. The van der Waals surface area contributed by atoms with E-state index >= 15 is 0 Å². The lowest BCUT2D eigenvalue weighted by Crippen LogP contribution is -2.40. The van der Waals surface area contributed by atoms with Crippen LogP contribution in [-0.4, -0.2) is 42.0 Å². The van der Waals surface area contributed by atoms with Crippen molar-refractivity contribution in [1.82, 2.24) is 20.1 Å². The molecule has 7 heteroatoms. The van der Waals surface area contributed by atoms with Crippen LogP contribution >= 0.6 is 11.6 Å². The summed E-state index contributed by atoms with van der Waals surface area (Å²) in [5.74, 6) is 0.742. The van der Waals surface area contributed by atoms with Gasteiger partial charge in [0.2, 0.25) is 5.91 Å². The number of carbonyl (C=O) groups excluding carboxylic acids is 1. The minimum absolute atomic E-state index is 0.00803. The van der Waals surface area contributed by atoms with Gasteiger partial charge < -0.3 is 20.1 Å². The summed E-state index contributed by atoms with van der Waals surface area (Å²) < 4.78 is 1.99. The highest BCUT2D eigenvalue weighted by molar-refractivity contribution is 6.30. The van der Waals surface area contributed by atoms with Crippen molar-refractivity contribution >= 4 is 23.5 Å². The zero-order valence-electron chi connectivity index (χ0n) is 15.5. The highest BCUT2D eigenvalue weighted by Crippen LogP contribution is 2.14. The molecule has 0 aliphatic rings. The van der Waals surface area contributed by atoms with E-state index in [0.29, 0.717) is 31.1 Å². The van der Waals surface area contributed by atoms with E-state index in [-0.39, 0.29) is 5.91 Å². The third-order valence-corrected chi connectivity index (χ3v) is 4.22. The normalized spacial score (nSPS) is 11.3. The Morgan fingerprint density at radius 2 is 2.00 bits per heavy atom. The summed E-state index contributed by atoms with van der Waals surface area (Å²) in [6.45, 7) is 1.73. The second-order valence-electron chi connectivity index (χ2n) is 6.10.